The summed E-state index contributed by atoms with van der Waals surface area (Å²) in [4.78, 5) is 4.25. The molecule has 1 N–H and O–H groups in total. The third-order valence-corrected chi connectivity index (χ3v) is 2.96. The molecule has 0 fully saturated rings. The smallest absolute Gasteiger partial charge is 0.138 e. The molecule has 5 heteroatoms. The number of fused-ring (bicyclic) bond motifs is 1. The van der Waals surface area contributed by atoms with E-state index < -0.39 is 11.6 Å². The number of halogens is 2. The molecule has 0 spiro atoms. The molecule has 0 unspecified atom stereocenters. The average molecular weight is 287 g/mol. The Morgan fingerprint density at radius 3 is 2.43 bits per heavy atom. The van der Waals surface area contributed by atoms with E-state index in [1.165, 1.54) is 0 Å². The van der Waals surface area contributed by atoms with E-state index in [-0.39, 0.29) is 12.4 Å². The highest BCUT2D eigenvalue weighted by molar-refractivity contribution is 5.85. The van der Waals surface area contributed by atoms with E-state index in [0.717, 1.165) is 18.2 Å². The van der Waals surface area contributed by atoms with Gasteiger partial charge in [0.1, 0.15) is 23.1 Å². The standard InChI is InChI=1S/C16H11F2NO2/c17-10-5-11(18)7-13(6-10)21-16-8-12(9-20)19-15-4-2-1-3-14(15)16/h1-8,20H,9H2. The number of pyridine rings is 1. The average Bonchev–Trinajstić information content (AvgIpc) is 2.46. The Balaban J connectivity index is 2.10. The summed E-state index contributed by atoms with van der Waals surface area (Å²) in [7, 11) is 0. The van der Waals surface area contributed by atoms with E-state index >= 15 is 0 Å². The quantitative estimate of drug-likeness (QED) is 0.796. The van der Waals surface area contributed by atoms with Crippen LogP contribution in [-0.2, 0) is 6.61 Å². The van der Waals surface area contributed by atoms with Crippen LogP contribution in [0.5, 0.6) is 11.5 Å². The highest BCUT2D eigenvalue weighted by Crippen LogP contribution is 2.30. The minimum Gasteiger partial charge on any atom is -0.456 e. The number of rotatable bonds is 3. The normalized spacial score (nSPS) is 10.8. The number of hydrogen-bond acceptors (Lipinski definition) is 3. The van der Waals surface area contributed by atoms with Crippen molar-refractivity contribution in [2.24, 2.45) is 0 Å². The lowest BCUT2D eigenvalue weighted by atomic mass is 10.2. The number of benzene rings is 2. The SMILES string of the molecule is OCc1cc(Oc2cc(F)cc(F)c2)c2ccccc2n1. The molecule has 0 bridgehead atoms. The zero-order valence-corrected chi connectivity index (χ0v) is 10.9. The van der Waals surface area contributed by atoms with Crippen LogP contribution in [-0.4, -0.2) is 10.1 Å². The molecule has 0 amide bonds. The number of nitrogens with zero attached hydrogens (tertiary/aromatic N) is 1. The third-order valence-electron chi connectivity index (χ3n) is 2.96. The molecule has 1 aromatic heterocycles. The van der Waals surface area contributed by atoms with Crippen molar-refractivity contribution in [2.45, 2.75) is 6.61 Å². The summed E-state index contributed by atoms with van der Waals surface area (Å²) in [6.45, 7) is -0.251. The van der Waals surface area contributed by atoms with Crippen LogP contribution in [0.15, 0.2) is 48.5 Å². The van der Waals surface area contributed by atoms with E-state index in [9.17, 15) is 13.9 Å². The third kappa shape index (κ3) is 2.83. The second kappa shape index (κ2) is 5.46. The van der Waals surface area contributed by atoms with Crippen LogP contribution < -0.4 is 4.74 Å². The Morgan fingerprint density at radius 1 is 1.00 bits per heavy atom. The molecular formula is C16H11F2NO2. The lowest BCUT2D eigenvalue weighted by Crippen LogP contribution is -1.94. The first-order chi connectivity index (χ1) is 10.2. The van der Waals surface area contributed by atoms with Crippen LogP contribution in [0, 0.1) is 11.6 Å². The van der Waals surface area contributed by atoms with E-state index in [4.69, 9.17) is 4.74 Å². The van der Waals surface area contributed by atoms with Gasteiger partial charge in [0.15, 0.2) is 0 Å². The molecule has 106 valence electrons. The monoisotopic (exact) mass is 287 g/mol. The molecule has 0 saturated carbocycles. The molecule has 0 aliphatic heterocycles. The Bertz CT molecular complexity index is 785. The van der Waals surface area contributed by atoms with Crippen LogP contribution in [0.3, 0.4) is 0 Å². The second-order valence-corrected chi connectivity index (χ2v) is 4.49. The topological polar surface area (TPSA) is 42.4 Å². The molecule has 3 aromatic rings. The fraction of sp³-hybridized carbons (Fsp3) is 0.0625. The van der Waals surface area contributed by atoms with E-state index in [0.29, 0.717) is 22.3 Å². The summed E-state index contributed by atoms with van der Waals surface area (Å²) in [5.41, 5.74) is 1.05. The van der Waals surface area contributed by atoms with Crippen molar-refractivity contribution in [3.8, 4) is 11.5 Å². The Labute approximate surface area is 119 Å². The van der Waals surface area contributed by atoms with Crippen molar-refractivity contribution < 1.29 is 18.6 Å². The number of ether oxygens (including phenoxy) is 1. The summed E-state index contributed by atoms with van der Waals surface area (Å²) < 4.78 is 32.0. The van der Waals surface area contributed by atoms with Gasteiger partial charge >= 0.3 is 0 Å². The largest absolute Gasteiger partial charge is 0.456 e. The number of aliphatic hydroxyl groups is 1. The Kier molecular flexibility index (Phi) is 3.50. The summed E-state index contributed by atoms with van der Waals surface area (Å²) in [5, 5.41) is 9.93. The van der Waals surface area contributed by atoms with E-state index in [2.05, 4.69) is 4.98 Å². The lowest BCUT2D eigenvalue weighted by Gasteiger charge is -2.10. The molecule has 0 atom stereocenters. The maximum absolute atomic E-state index is 13.2. The van der Waals surface area contributed by atoms with Gasteiger partial charge in [-0.1, -0.05) is 12.1 Å². The van der Waals surface area contributed by atoms with Gasteiger partial charge in [-0.25, -0.2) is 8.78 Å². The molecule has 3 rings (SSSR count). The molecule has 21 heavy (non-hydrogen) atoms. The number of para-hydroxylation sites is 1. The number of hydrogen-bond donors (Lipinski definition) is 1. The van der Waals surface area contributed by atoms with Crippen LogP contribution in [0.2, 0.25) is 0 Å². The molecule has 1 heterocycles. The second-order valence-electron chi connectivity index (χ2n) is 4.49. The molecule has 0 aliphatic rings. The van der Waals surface area contributed by atoms with Gasteiger partial charge < -0.3 is 9.84 Å². The first-order valence-electron chi connectivity index (χ1n) is 6.29. The van der Waals surface area contributed by atoms with Crippen molar-refractivity contribution in [2.75, 3.05) is 0 Å². The van der Waals surface area contributed by atoms with Crippen molar-refractivity contribution >= 4 is 10.9 Å². The Morgan fingerprint density at radius 2 is 1.71 bits per heavy atom. The van der Waals surface area contributed by atoms with Crippen molar-refractivity contribution in [1.29, 1.82) is 0 Å². The van der Waals surface area contributed by atoms with Gasteiger partial charge in [0.25, 0.3) is 0 Å². The lowest BCUT2D eigenvalue weighted by molar-refractivity contribution is 0.276. The van der Waals surface area contributed by atoms with Gasteiger partial charge in [0.05, 0.1) is 17.8 Å². The summed E-state index contributed by atoms with van der Waals surface area (Å²) in [6.07, 6.45) is 0. The van der Waals surface area contributed by atoms with Crippen molar-refractivity contribution in [3.63, 3.8) is 0 Å². The maximum atomic E-state index is 13.2. The zero-order valence-electron chi connectivity index (χ0n) is 10.9. The molecular weight excluding hydrogens is 276 g/mol. The molecule has 0 saturated heterocycles. The molecule has 0 aliphatic carbocycles. The van der Waals surface area contributed by atoms with Crippen molar-refractivity contribution in [3.05, 3.63) is 65.9 Å². The number of aromatic nitrogens is 1. The van der Waals surface area contributed by atoms with Gasteiger partial charge in [-0.2, -0.15) is 0 Å². The highest BCUT2D eigenvalue weighted by Gasteiger charge is 2.09. The molecule has 2 aromatic carbocycles. The van der Waals surface area contributed by atoms with Crippen LogP contribution in [0.25, 0.3) is 10.9 Å². The zero-order chi connectivity index (χ0) is 14.8. The first-order valence-corrected chi connectivity index (χ1v) is 6.29. The summed E-state index contributed by atoms with van der Waals surface area (Å²) in [6, 6.07) is 11.7. The summed E-state index contributed by atoms with van der Waals surface area (Å²) in [5.74, 6) is -1.00. The van der Waals surface area contributed by atoms with Crippen LogP contribution in [0.1, 0.15) is 5.69 Å². The van der Waals surface area contributed by atoms with Crippen LogP contribution in [0.4, 0.5) is 8.78 Å². The first kappa shape index (κ1) is 13.5. The van der Waals surface area contributed by atoms with Gasteiger partial charge in [0, 0.05) is 29.7 Å². The molecule has 3 nitrogen and oxygen atoms in total. The minimum atomic E-state index is -0.717. The Hall–Kier alpha value is -2.53. The van der Waals surface area contributed by atoms with Crippen molar-refractivity contribution in [1.82, 2.24) is 4.98 Å². The highest BCUT2D eigenvalue weighted by atomic mass is 19.1. The predicted octanol–water partition coefficient (Wildman–Crippen LogP) is 3.80. The summed E-state index contributed by atoms with van der Waals surface area (Å²) >= 11 is 0. The number of aliphatic hydroxyl groups excluding tert-OH is 1. The van der Waals surface area contributed by atoms with Gasteiger partial charge in [-0.15, -0.1) is 0 Å². The molecule has 0 radical (unpaired) electrons. The van der Waals surface area contributed by atoms with E-state index in [1.54, 1.807) is 18.2 Å². The van der Waals surface area contributed by atoms with E-state index in [1.807, 2.05) is 12.1 Å². The van der Waals surface area contributed by atoms with Crippen LogP contribution >= 0.6 is 0 Å². The maximum Gasteiger partial charge on any atom is 0.138 e. The fourth-order valence-electron chi connectivity index (χ4n) is 2.08. The van der Waals surface area contributed by atoms with Gasteiger partial charge in [-0.05, 0) is 12.1 Å². The minimum absolute atomic E-state index is 0.0488. The van der Waals surface area contributed by atoms with Gasteiger partial charge in [0.2, 0.25) is 0 Å². The van der Waals surface area contributed by atoms with Gasteiger partial charge in [-0.3, -0.25) is 4.98 Å². The fourth-order valence-corrected chi connectivity index (χ4v) is 2.08. The predicted molar refractivity (Wildman–Crippen MR) is 74.1 cm³/mol.